The lowest BCUT2D eigenvalue weighted by Crippen LogP contribution is -2.63. The molecule has 3 heterocycles. The quantitative estimate of drug-likeness (QED) is 0.517. The Kier molecular flexibility index (Phi) is 6.06. The highest BCUT2D eigenvalue weighted by molar-refractivity contribution is 7.93. The van der Waals surface area contributed by atoms with Crippen LogP contribution >= 0.6 is 0 Å². The predicted octanol–water partition coefficient (Wildman–Crippen LogP) is 2.56. The molecule has 1 aromatic carbocycles. The molecule has 2 unspecified atom stereocenters. The molecule has 1 saturated heterocycles. The zero-order valence-electron chi connectivity index (χ0n) is 18.7. The van der Waals surface area contributed by atoms with Crippen LogP contribution in [0.25, 0.3) is 22.3 Å². The van der Waals surface area contributed by atoms with Gasteiger partial charge in [0.1, 0.15) is 17.0 Å². The fourth-order valence-corrected chi connectivity index (χ4v) is 6.02. The minimum absolute atomic E-state index is 0.0431. The summed E-state index contributed by atoms with van der Waals surface area (Å²) in [5, 5.41) is 17.5. The summed E-state index contributed by atoms with van der Waals surface area (Å²) >= 11 is 0. The van der Waals surface area contributed by atoms with Crippen molar-refractivity contribution < 1.29 is 31.8 Å². The van der Waals surface area contributed by atoms with Crippen LogP contribution in [0.2, 0.25) is 0 Å². The van der Waals surface area contributed by atoms with Crippen molar-refractivity contribution in [1.29, 1.82) is 0 Å². The van der Waals surface area contributed by atoms with Gasteiger partial charge < -0.3 is 15.2 Å². The Morgan fingerprint density at radius 2 is 1.97 bits per heavy atom. The lowest BCUT2D eigenvalue weighted by atomic mass is 10.1. The second kappa shape index (κ2) is 8.58. The van der Waals surface area contributed by atoms with Gasteiger partial charge in [0.2, 0.25) is 0 Å². The van der Waals surface area contributed by atoms with Crippen LogP contribution in [-0.2, 0) is 9.84 Å². The van der Waals surface area contributed by atoms with Gasteiger partial charge in [0.25, 0.3) is 5.91 Å². The molecule has 1 aliphatic rings. The van der Waals surface area contributed by atoms with E-state index in [0.717, 1.165) is 0 Å². The standard InChI is InChI=1S/C22H24F2N4O5S/c1-12(13(2)29)28-17-8-15(20(30)26-22(3)10-34(31,32)11-22)9-25-19(17)18(27-28)14-5-4-6-16(7-14)33-21(23)24/h4-9,12-13,21,29H,10-11H2,1-3H3,(H,26,30). The maximum Gasteiger partial charge on any atom is 0.387 e. The van der Waals surface area contributed by atoms with E-state index in [9.17, 15) is 27.1 Å². The molecule has 4 rings (SSSR count). The number of pyridine rings is 1. The van der Waals surface area contributed by atoms with Gasteiger partial charge in [-0.1, -0.05) is 12.1 Å². The summed E-state index contributed by atoms with van der Waals surface area (Å²) in [4.78, 5) is 17.2. The van der Waals surface area contributed by atoms with E-state index >= 15 is 0 Å². The zero-order valence-corrected chi connectivity index (χ0v) is 19.5. The molecule has 2 N–H and O–H groups in total. The molecule has 12 heteroatoms. The molecule has 0 radical (unpaired) electrons. The first-order chi connectivity index (χ1) is 15.9. The molecule has 182 valence electrons. The fourth-order valence-electron chi connectivity index (χ4n) is 4.02. The van der Waals surface area contributed by atoms with Crippen LogP contribution in [0.4, 0.5) is 8.78 Å². The molecule has 2 atom stereocenters. The third kappa shape index (κ3) is 4.73. The number of hydrogen-bond donors (Lipinski definition) is 2. The first-order valence-electron chi connectivity index (χ1n) is 10.5. The van der Waals surface area contributed by atoms with Gasteiger partial charge in [-0.15, -0.1) is 0 Å². The predicted molar refractivity (Wildman–Crippen MR) is 121 cm³/mol. The van der Waals surface area contributed by atoms with Gasteiger partial charge in [-0.25, -0.2) is 8.42 Å². The Balaban J connectivity index is 1.75. The van der Waals surface area contributed by atoms with E-state index in [1.54, 1.807) is 39.0 Å². The number of benzene rings is 1. The summed E-state index contributed by atoms with van der Waals surface area (Å²) in [6, 6.07) is 7.08. The molecule has 0 saturated carbocycles. The van der Waals surface area contributed by atoms with Gasteiger partial charge in [0, 0.05) is 11.8 Å². The number of carbonyl (C=O) groups is 1. The van der Waals surface area contributed by atoms with Gasteiger partial charge in [-0.05, 0) is 39.0 Å². The Labute approximate surface area is 194 Å². The number of halogens is 2. The lowest BCUT2D eigenvalue weighted by molar-refractivity contribution is -0.0498. The van der Waals surface area contributed by atoms with Gasteiger partial charge in [-0.2, -0.15) is 13.9 Å². The molecule has 34 heavy (non-hydrogen) atoms. The topological polar surface area (TPSA) is 123 Å². The molecule has 1 amide bonds. The summed E-state index contributed by atoms with van der Waals surface area (Å²) in [7, 11) is -3.15. The van der Waals surface area contributed by atoms with E-state index in [1.165, 1.54) is 23.0 Å². The number of aliphatic hydroxyl groups is 1. The van der Waals surface area contributed by atoms with Crippen LogP contribution in [-0.4, -0.2) is 64.0 Å². The maximum atomic E-state index is 12.8. The Hall–Kier alpha value is -3.12. The Bertz CT molecular complexity index is 1340. The number of fused-ring (bicyclic) bond motifs is 1. The highest BCUT2D eigenvalue weighted by atomic mass is 32.2. The van der Waals surface area contributed by atoms with Crippen molar-refractivity contribution in [2.45, 2.75) is 45.1 Å². The van der Waals surface area contributed by atoms with Crippen molar-refractivity contribution in [3.63, 3.8) is 0 Å². The van der Waals surface area contributed by atoms with Gasteiger partial charge in [-0.3, -0.25) is 14.5 Å². The van der Waals surface area contributed by atoms with Crippen molar-refractivity contribution in [3.05, 3.63) is 42.1 Å². The summed E-state index contributed by atoms with van der Waals surface area (Å²) in [5.74, 6) is -0.810. The third-order valence-electron chi connectivity index (χ3n) is 5.72. The van der Waals surface area contributed by atoms with E-state index < -0.39 is 40.0 Å². The van der Waals surface area contributed by atoms with Gasteiger partial charge >= 0.3 is 6.61 Å². The molecular formula is C22H24F2N4O5S. The minimum atomic E-state index is -3.15. The molecule has 0 bridgehead atoms. The fraction of sp³-hybridized carbons (Fsp3) is 0.409. The molecule has 1 fully saturated rings. The van der Waals surface area contributed by atoms with Crippen LogP contribution in [0.15, 0.2) is 36.5 Å². The summed E-state index contributed by atoms with van der Waals surface area (Å²) in [6.45, 7) is 2.01. The van der Waals surface area contributed by atoms with Crippen molar-refractivity contribution in [3.8, 4) is 17.0 Å². The lowest BCUT2D eigenvalue weighted by Gasteiger charge is -2.38. The third-order valence-corrected chi connectivity index (χ3v) is 7.87. The number of rotatable bonds is 7. The number of amides is 1. The number of nitrogens with one attached hydrogen (secondary N) is 1. The summed E-state index contributed by atoms with van der Waals surface area (Å²) < 4.78 is 54.4. The molecule has 0 aliphatic carbocycles. The highest BCUT2D eigenvalue weighted by Crippen LogP contribution is 2.32. The highest BCUT2D eigenvalue weighted by Gasteiger charge is 2.45. The zero-order chi connectivity index (χ0) is 24.8. The van der Waals surface area contributed by atoms with Crippen molar-refractivity contribution in [2.24, 2.45) is 0 Å². The summed E-state index contributed by atoms with van der Waals surface area (Å²) in [6.07, 6.45) is 0.553. The first-order valence-corrected chi connectivity index (χ1v) is 12.3. The Morgan fingerprint density at radius 3 is 2.59 bits per heavy atom. The average molecular weight is 495 g/mol. The van der Waals surface area contributed by atoms with E-state index in [-0.39, 0.29) is 22.8 Å². The molecule has 1 aliphatic heterocycles. The molecule has 9 nitrogen and oxygen atoms in total. The van der Waals surface area contributed by atoms with Crippen LogP contribution in [0.1, 0.15) is 37.2 Å². The van der Waals surface area contributed by atoms with Crippen LogP contribution < -0.4 is 10.1 Å². The second-order valence-corrected chi connectivity index (χ2v) is 10.9. The van der Waals surface area contributed by atoms with Crippen molar-refractivity contribution >= 4 is 26.8 Å². The average Bonchev–Trinajstić information content (AvgIpc) is 3.09. The largest absolute Gasteiger partial charge is 0.435 e. The number of aliphatic hydroxyl groups excluding tert-OH is 1. The molecule has 3 aromatic rings. The number of hydrogen-bond acceptors (Lipinski definition) is 7. The first kappa shape index (κ1) is 24.0. The van der Waals surface area contributed by atoms with Crippen LogP contribution in [0.5, 0.6) is 5.75 Å². The van der Waals surface area contributed by atoms with E-state index in [0.29, 0.717) is 22.3 Å². The van der Waals surface area contributed by atoms with Gasteiger partial charge in [0.15, 0.2) is 9.84 Å². The number of alkyl halides is 2. The monoisotopic (exact) mass is 494 g/mol. The number of nitrogens with zero attached hydrogens (tertiary/aromatic N) is 3. The van der Waals surface area contributed by atoms with E-state index in [2.05, 4.69) is 20.1 Å². The second-order valence-electron chi connectivity index (χ2n) is 8.82. The molecular weight excluding hydrogens is 470 g/mol. The Morgan fingerprint density at radius 1 is 1.26 bits per heavy atom. The molecule has 0 spiro atoms. The number of sulfone groups is 1. The minimum Gasteiger partial charge on any atom is -0.435 e. The smallest absolute Gasteiger partial charge is 0.387 e. The van der Waals surface area contributed by atoms with Gasteiger partial charge in [0.05, 0.1) is 40.3 Å². The number of carbonyl (C=O) groups excluding carboxylic acids is 1. The maximum absolute atomic E-state index is 12.8. The van der Waals surface area contributed by atoms with E-state index in [1.807, 2.05) is 0 Å². The van der Waals surface area contributed by atoms with Crippen LogP contribution in [0.3, 0.4) is 0 Å². The van der Waals surface area contributed by atoms with Crippen molar-refractivity contribution in [1.82, 2.24) is 20.1 Å². The van der Waals surface area contributed by atoms with E-state index in [4.69, 9.17) is 0 Å². The number of aromatic nitrogens is 3. The summed E-state index contributed by atoms with van der Waals surface area (Å²) in [5.41, 5.74) is 1.02. The van der Waals surface area contributed by atoms with Crippen LogP contribution in [0, 0.1) is 0 Å². The van der Waals surface area contributed by atoms with Crippen molar-refractivity contribution in [2.75, 3.05) is 11.5 Å². The molecule has 2 aromatic heterocycles. The number of ether oxygens (including phenoxy) is 1. The SMILES string of the molecule is CC(O)C(C)n1nc(-c2cccc(OC(F)F)c2)c2ncc(C(=O)NC3(C)CS(=O)(=O)C3)cc21. The normalized spacial score (nSPS) is 18.3.